The van der Waals surface area contributed by atoms with Crippen molar-refractivity contribution in [3.63, 3.8) is 0 Å². The number of fused-ring (bicyclic) bond motifs is 1. The fourth-order valence-corrected chi connectivity index (χ4v) is 5.64. The lowest BCUT2D eigenvalue weighted by Crippen LogP contribution is -2.47. The third kappa shape index (κ3) is 6.62. The summed E-state index contributed by atoms with van der Waals surface area (Å²) >= 11 is 0. The van der Waals surface area contributed by atoms with Crippen LogP contribution in [-0.4, -0.2) is 97.2 Å². The van der Waals surface area contributed by atoms with E-state index in [4.69, 9.17) is 9.84 Å². The zero-order chi connectivity index (χ0) is 29.1. The van der Waals surface area contributed by atoms with Crippen molar-refractivity contribution in [3.05, 3.63) is 66.4 Å². The molecule has 0 aliphatic carbocycles. The van der Waals surface area contributed by atoms with Crippen molar-refractivity contribution >= 4 is 32.9 Å². The van der Waals surface area contributed by atoms with Crippen LogP contribution in [0.4, 0.5) is 17.3 Å². The lowest BCUT2D eigenvalue weighted by molar-refractivity contribution is 0.0780. The van der Waals surface area contributed by atoms with Crippen molar-refractivity contribution < 1.29 is 18.3 Å². The number of anilines is 3. The van der Waals surface area contributed by atoms with Crippen molar-refractivity contribution in [1.29, 1.82) is 0 Å². The lowest BCUT2D eigenvalue weighted by Gasteiger charge is -2.35. The summed E-state index contributed by atoms with van der Waals surface area (Å²) in [6.07, 6.45) is 2.60. The molecule has 41 heavy (non-hydrogen) atoms. The zero-order valence-corrected chi connectivity index (χ0v) is 24.7. The van der Waals surface area contributed by atoms with E-state index >= 15 is 0 Å². The highest BCUT2D eigenvalue weighted by molar-refractivity contribution is 7.92. The Labute approximate surface area is 241 Å². The molecular formula is C29H37N7O4S. The number of β-amino-alcohol motifs (C(OH)–C–C–N with tert-alkyl or cyclic N) is 1. The Bertz CT molecular complexity index is 1610. The first kappa shape index (κ1) is 28.8. The summed E-state index contributed by atoms with van der Waals surface area (Å²) in [7, 11) is -0.266. The second kappa shape index (κ2) is 12.0. The van der Waals surface area contributed by atoms with Gasteiger partial charge in [0.15, 0.2) is 0 Å². The van der Waals surface area contributed by atoms with Crippen LogP contribution in [0.2, 0.25) is 0 Å². The Morgan fingerprint density at radius 2 is 1.80 bits per heavy atom. The van der Waals surface area contributed by atoms with Crippen molar-refractivity contribution in [3.8, 4) is 17.0 Å². The van der Waals surface area contributed by atoms with Crippen molar-refractivity contribution in [2.45, 2.75) is 19.6 Å². The Hall–Kier alpha value is -3.71. The molecule has 1 atom stereocenters. The number of para-hydroxylation sites is 1. The fourth-order valence-electron chi connectivity index (χ4n) is 5.13. The molecule has 5 rings (SSSR count). The molecule has 2 N–H and O–H groups in total. The number of aliphatic hydroxyl groups excluding tert-OH is 1. The molecule has 0 bridgehead atoms. The summed E-state index contributed by atoms with van der Waals surface area (Å²) in [4.78, 5) is 9.19. The van der Waals surface area contributed by atoms with Crippen molar-refractivity contribution in [2.75, 3.05) is 62.8 Å². The average Bonchev–Trinajstić information content (AvgIpc) is 3.37. The number of benzene rings is 2. The number of aliphatic hydroxyl groups is 1. The van der Waals surface area contributed by atoms with Gasteiger partial charge in [0.2, 0.25) is 16.0 Å². The van der Waals surface area contributed by atoms with E-state index in [1.807, 2.05) is 49.4 Å². The van der Waals surface area contributed by atoms with E-state index in [2.05, 4.69) is 26.2 Å². The normalized spacial score (nSPS) is 15.6. The molecule has 11 nitrogen and oxygen atoms in total. The first-order chi connectivity index (χ1) is 19.6. The molecule has 1 aliphatic rings. The number of sulfonamides is 1. The van der Waals surface area contributed by atoms with Gasteiger partial charge in [0.1, 0.15) is 5.75 Å². The highest BCUT2D eigenvalue weighted by Crippen LogP contribution is 2.33. The monoisotopic (exact) mass is 579 g/mol. The molecule has 1 fully saturated rings. The number of hydrogen-bond acceptors (Lipinski definition) is 9. The molecule has 2 aromatic heterocycles. The van der Waals surface area contributed by atoms with Crippen LogP contribution in [0.3, 0.4) is 0 Å². The lowest BCUT2D eigenvalue weighted by atomic mass is 10.1. The predicted molar refractivity (Wildman–Crippen MR) is 161 cm³/mol. The second-order valence-electron chi connectivity index (χ2n) is 10.5. The van der Waals surface area contributed by atoms with Crippen LogP contribution in [0.5, 0.6) is 5.75 Å². The molecule has 0 amide bonds. The maximum atomic E-state index is 12.3. The molecule has 218 valence electrons. The van der Waals surface area contributed by atoms with E-state index in [9.17, 15) is 13.5 Å². The van der Waals surface area contributed by atoms with Gasteiger partial charge in [-0.15, -0.1) is 5.10 Å². The number of piperazine rings is 1. The Morgan fingerprint density at radius 3 is 2.51 bits per heavy atom. The first-order valence-electron chi connectivity index (χ1n) is 13.6. The highest BCUT2D eigenvalue weighted by Gasteiger charge is 2.20. The molecular weight excluding hydrogens is 542 g/mol. The number of ether oxygens (including phenoxy) is 1. The quantitative estimate of drug-likeness (QED) is 0.293. The number of nitrogens with zero attached hydrogens (tertiary/aromatic N) is 6. The molecule has 0 radical (unpaired) electrons. The molecule has 12 heteroatoms. The number of hydrogen-bond donors (Lipinski definition) is 2. The SMILES string of the molecule is COc1cc(CN2CCN(CC(C)O)CC2)ccc1Nc1ncc2ccc(-c3ccccc3N(C)S(C)(=O)=O)n2n1. The minimum Gasteiger partial charge on any atom is -0.495 e. The van der Waals surface area contributed by atoms with E-state index in [0.29, 0.717) is 23.9 Å². The number of methoxy groups -OCH3 is 1. The van der Waals surface area contributed by atoms with Crippen molar-refractivity contribution in [1.82, 2.24) is 24.4 Å². The third-order valence-corrected chi connectivity index (χ3v) is 8.51. The van der Waals surface area contributed by atoms with Gasteiger partial charge in [0.25, 0.3) is 0 Å². The van der Waals surface area contributed by atoms with Gasteiger partial charge in [-0.1, -0.05) is 24.3 Å². The molecule has 1 unspecified atom stereocenters. The Morgan fingerprint density at radius 1 is 1.07 bits per heavy atom. The van der Waals surface area contributed by atoms with E-state index in [-0.39, 0.29) is 6.10 Å². The van der Waals surface area contributed by atoms with Crippen LogP contribution in [0.1, 0.15) is 12.5 Å². The van der Waals surface area contributed by atoms with E-state index in [1.165, 1.54) is 10.6 Å². The van der Waals surface area contributed by atoms with Gasteiger partial charge in [-0.25, -0.2) is 17.9 Å². The van der Waals surface area contributed by atoms with Crippen LogP contribution >= 0.6 is 0 Å². The van der Waals surface area contributed by atoms with Crippen LogP contribution in [0.25, 0.3) is 16.8 Å². The second-order valence-corrected chi connectivity index (χ2v) is 12.5. The smallest absolute Gasteiger partial charge is 0.245 e. The molecule has 3 heterocycles. The minimum absolute atomic E-state index is 0.308. The number of aromatic nitrogens is 3. The maximum absolute atomic E-state index is 12.3. The summed E-state index contributed by atoms with van der Waals surface area (Å²) in [5.41, 5.74) is 4.70. The zero-order valence-electron chi connectivity index (χ0n) is 23.9. The van der Waals surface area contributed by atoms with Gasteiger partial charge in [-0.2, -0.15) is 0 Å². The minimum atomic E-state index is -3.45. The Kier molecular flexibility index (Phi) is 8.45. The number of nitrogens with one attached hydrogen (secondary N) is 1. The summed E-state index contributed by atoms with van der Waals surface area (Å²) in [6.45, 7) is 7.14. The van der Waals surface area contributed by atoms with E-state index < -0.39 is 10.0 Å². The summed E-state index contributed by atoms with van der Waals surface area (Å²) in [5.74, 6) is 1.07. The Balaban J connectivity index is 1.35. The topological polar surface area (TPSA) is 116 Å². The first-order valence-corrected chi connectivity index (χ1v) is 15.4. The average molecular weight is 580 g/mol. The van der Waals surface area contributed by atoms with Crippen molar-refractivity contribution in [2.24, 2.45) is 0 Å². The molecule has 2 aromatic carbocycles. The standard InChI is InChI=1S/C29H37N7O4S/c1-21(37)19-34-13-15-35(16-14-34)20-22-9-11-25(28(17-22)40-3)31-29-30-18-23-10-12-27(36(23)32-29)24-7-5-6-8-26(24)33(2)41(4,38)39/h5-12,17-18,21,37H,13-16,19-20H2,1-4H3,(H,31,32). The van der Waals surface area contributed by atoms with E-state index in [0.717, 1.165) is 60.7 Å². The van der Waals surface area contributed by atoms with Gasteiger partial charge < -0.3 is 15.2 Å². The van der Waals surface area contributed by atoms with Gasteiger partial charge in [-0.3, -0.25) is 14.1 Å². The summed E-state index contributed by atoms with van der Waals surface area (Å²) in [5, 5.41) is 17.7. The van der Waals surface area contributed by atoms with Crippen LogP contribution in [-0.2, 0) is 16.6 Å². The van der Waals surface area contributed by atoms with Gasteiger partial charge in [0.05, 0.1) is 48.3 Å². The molecule has 0 spiro atoms. The van der Waals surface area contributed by atoms with Crippen LogP contribution in [0, 0.1) is 0 Å². The maximum Gasteiger partial charge on any atom is 0.245 e. The molecule has 4 aromatic rings. The summed E-state index contributed by atoms with van der Waals surface area (Å²) < 4.78 is 33.3. The van der Waals surface area contributed by atoms with Gasteiger partial charge in [-0.05, 0) is 42.8 Å². The third-order valence-electron chi connectivity index (χ3n) is 7.32. The molecule has 0 saturated carbocycles. The van der Waals surface area contributed by atoms with Gasteiger partial charge in [0, 0.05) is 51.9 Å². The van der Waals surface area contributed by atoms with Gasteiger partial charge >= 0.3 is 0 Å². The molecule has 1 aliphatic heterocycles. The van der Waals surface area contributed by atoms with Crippen LogP contribution < -0.4 is 14.4 Å². The largest absolute Gasteiger partial charge is 0.495 e. The van der Waals surface area contributed by atoms with E-state index in [1.54, 1.807) is 30.9 Å². The van der Waals surface area contributed by atoms with Crippen LogP contribution in [0.15, 0.2) is 60.8 Å². The highest BCUT2D eigenvalue weighted by atomic mass is 32.2. The fraction of sp³-hybridized carbons (Fsp3) is 0.379. The molecule has 1 saturated heterocycles. The predicted octanol–water partition coefficient (Wildman–Crippen LogP) is 3.04. The number of rotatable bonds is 10. The summed E-state index contributed by atoms with van der Waals surface area (Å²) in [6, 6.07) is 17.2.